The standard InChI is InChI=1S/C27H30N6O4S/c1-4-5-6-22(38)20-11-9-18(13-21(20)29-26(35)24-15(2)28-16(3)36-24)37-19-10-12-23-30-27(32-33(23)14-19)31-25(34)17-7-8-17/h9-14,17,22,38H,4-8H2,1-3H3,(H,29,35)(H,31,32,34). The second-order valence-corrected chi connectivity index (χ2v) is 10.1. The Balaban J connectivity index is 1.38. The van der Waals surface area contributed by atoms with Crippen LogP contribution in [0.4, 0.5) is 11.6 Å². The summed E-state index contributed by atoms with van der Waals surface area (Å²) < 4.78 is 13.2. The Kier molecular flexibility index (Phi) is 7.37. The number of fused-ring (bicyclic) bond motifs is 1. The minimum atomic E-state index is -0.387. The molecule has 11 heteroatoms. The first-order valence-electron chi connectivity index (χ1n) is 12.7. The SMILES string of the molecule is CCCCC(S)c1ccc(Oc2ccc3nc(NC(=O)C4CC4)nn3c2)cc1NC(=O)c1oc(C)nc1C. The molecule has 4 aromatic rings. The zero-order valence-electron chi connectivity index (χ0n) is 21.5. The summed E-state index contributed by atoms with van der Waals surface area (Å²) in [5.74, 6) is 1.53. The lowest BCUT2D eigenvalue weighted by Crippen LogP contribution is -2.14. The van der Waals surface area contributed by atoms with Crippen LogP contribution in [-0.2, 0) is 4.79 Å². The number of aromatic nitrogens is 4. The van der Waals surface area contributed by atoms with Crippen molar-refractivity contribution < 1.29 is 18.7 Å². The van der Waals surface area contributed by atoms with E-state index in [9.17, 15) is 9.59 Å². The highest BCUT2D eigenvalue weighted by Gasteiger charge is 2.30. The van der Waals surface area contributed by atoms with Crippen molar-refractivity contribution in [2.75, 3.05) is 10.6 Å². The summed E-state index contributed by atoms with van der Waals surface area (Å²) in [6, 6.07) is 9.06. The number of carbonyl (C=O) groups excluding carboxylic acids is 2. The van der Waals surface area contributed by atoms with Gasteiger partial charge in [-0.05, 0) is 49.9 Å². The van der Waals surface area contributed by atoms with E-state index in [1.807, 2.05) is 12.1 Å². The van der Waals surface area contributed by atoms with Crippen LogP contribution in [0.1, 0.15) is 72.0 Å². The van der Waals surface area contributed by atoms with Gasteiger partial charge in [0.05, 0.1) is 11.9 Å². The van der Waals surface area contributed by atoms with Gasteiger partial charge >= 0.3 is 0 Å². The molecule has 0 aliphatic heterocycles. The van der Waals surface area contributed by atoms with E-state index in [2.05, 4.69) is 32.6 Å². The van der Waals surface area contributed by atoms with E-state index in [4.69, 9.17) is 21.8 Å². The van der Waals surface area contributed by atoms with Gasteiger partial charge in [-0.2, -0.15) is 17.6 Å². The third-order valence-electron chi connectivity index (χ3n) is 6.30. The summed E-state index contributed by atoms with van der Waals surface area (Å²) in [5, 5.41) is 10.00. The Hall–Kier alpha value is -3.86. The fourth-order valence-electron chi connectivity index (χ4n) is 4.14. The maximum atomic E-state index is 13.0. The molecule has 0 bridgehead atoms. The van der Waals surface area contributed by atoms with Gasteiger partial charge in [-0.15, -0.1) is 5.10 Å². The van der Waals surface area contributed by atoms with E-state index in [0.717, 1.165) is 37.7 Å². The molecule has 10 nitrogen and oxygen atoms in total. The van der Waals surface area contributed by atoms with Gasteiger partial charge in [0.1, 0.15) is 11.5 Å². The fraction of sp³-hybridized carbons (Fsp3) is 0.370. The van der Waals surface area contributed by atoms with Gasteiger partial charge in [0.15, 0.2) is 11.5 Å². The number of aryl methyl sites for hydroxylation is 2. The zero-order chi connectivity index (χ0) is 26.8. The predicted molar refractivity (Wildman–Crippen MR) is 146 cm³/mol. The molecule has 3 aromatic heterocycles. The van der Waals surface area contributed by atoms with E-state index in [1.54, 1.807) is 42.8 Å². The van der Waals surface area contributed by atoms with Crippen LogP contribution in [0, 0.1) is 19.8 Å². The highest BCUT2D eigenvalue weighted by Crippen LogP contribution is 2.36. The van der Waals surface area contributed by atoms with Crippen molar-refractivity contribution in [3.05, 3.63) is 59.4 Å². The Morgan fingerprint density at radius 2 is 1.95 bits per heavy atom. The second kappa shape index (κ2) is 10.9. The van der Waals surface area contributed by atoms with Gasteiger partial charge in [0, 0.05) is 29.8 Å². The molecule has 1 atom stereocenters. The number of ether oxygens (including phenoxy) is 1. The minimum Gasteiger partial charge on any atom is -0.456 e. The lowest BCUT2D eigenvalue weighted by atomic mass is 10.0. The van der Waals surface area contributed by atoms with Crippen LogP contribution < -0.4 is 15.4 Å². The fourth-order valence-corrected chi connectivity index (χ4v) is 4.55. The van der Waals surface area contributed by atoms with Crippen molar-refractivity contribution in [3.63, 3.8) is 0 Å². The van der Waals surface area contributed by atoms with E-state index < -0.39 is 0 Å². The zero-order valence-corrected chi connectivity index (χ0v) is 22.4. The number of pyridine rings is 1. The summed E-state index contributed by atoms with van der Waals surface area (Å²) in [6.07, 6.45) is 6.43. The third-order valence-corrected chi connectivity index (χ3v) is 6.83. The number of hydrogen-bond acceptors (Lipinski definition) is 8. The molecule has 1 fully saturated rings. The molecule has 0 radical (unpaired) electrons. The molecule has 2 amide bonds. The molecular formula is C27H30N6O4S. The van der Waals surface area contributed by atoms with Crippen molar-refractivity contribution in [2.45, 2.75) is 58.1 Å². The first-order valence-corrected chi connectivity index (χ1v) is 13.2. The van der Waals surface area contributed by atoms with E-state index in [1.165, 1.54) is 0 Å². The molecule has 3 heterocycles. The molecule has 1 saturated carbocycles. The molecule has 0 saturated heterocycles. The van der Waals surface area contributed by atoms with Crippen molar-refractivity contribution in [3.8, 4) is 11.5 Å². The van der Waals surface area contributed by atoms with E-state index in [0.29, 0.717) is 34.4 Å². The number of oxazole rings is 1. The van der Waals surface area contributed by atoms with Crippen molar-refractivity contribution >= 4 is 41.7 Å². The number of hydrogen-bond donors (Lipinski definition) is 3. The number of rotatable bonds is 10. The van der Waals surface area contributed by atoms with Crippen LogP contribution in [0.2, 0.25) is 0 Å². The number of nitrogens with one attached hydrogen (secondary N) is 2. The van der Waals surface area contributed by atoms with Gasteiger partial charge in [-0.25, -0.2) is 9.50 Å². The van der Waals surface area contributed by atoms with Crippen LogP contribution in [0.25, 0.3) is 5.65 Å². The second-order valence-electron chi connectivity index (χ2n) is 9.48. The quantitative estimate of drug-likeness (QED) is 0.217. The highest BCUT2D eigenvalue weighted by atomic mass is 32.1. The number of thiol groups is 1. The monoisotopic (exact) mass is 534 g/mol. The number of nitrogens with zero attached hydrogens (tertiary/aromatic N) is 4. The maximum Gasteiger partial charge on any atom is 0.293 e. The van der Waals surface area contributed by atoms with Crippen molar-refractivity contribution in [2.24, 2.45) is 5.92 Å². The van der Waals surface area contributed by atoms with Crippen LogP contribution in [0.15, 0.2) is 40.9 Å². The number of benzene rings is 1. The molecule has 1 unspecified atom stereocenters. The number of anilines is 2. The Morgan fingerprint density at radius 3 is 2.66 bits per heavy atom. The summed E-state index contributed by atoms with van der Waals surface area (Å²) in [5.41, 5.74) is 2.58. The Bertz CT molecular complexity index is 1490. The summed E-state index contributed by atoms with van der Waals surface area (Å²) in [7, 11) is 0. The van der Waals surface area contributed by atoms with Gasteiger partial charge in [0.2, 0.25) is 17.6 Å². The first kappa shape index (κ1) is 25.8. The molecule has 0 spiro atoms. The predicted octanol–water partition coefficient (Wildman–Crippen LogP) is 5.89. The largest absolute Gasteiger partial charge is 0.456 e. The third kappa shape index (κ3) is 5.83. The molecule has 38 heavy (non-hydrogen) atoms. The summed E-state index contributed by atoms with van der Waals surface area (Å²) in [6.45, 7) is 5.57. The molecule has 2 N–H and O–H groups in total. The van der Waals surface area contributed by atoms with Crippen molar-refractivity contribution in [1.82, 2.24) is 19.6 Å². The van der Waals surface area contributed by atoms with Gasteiger partial charge in [-0.3, -0.25) is 14.9 Å². The van der Waals surface area contributed by atoms with Crippen LogP contribution in [0.3, 0.4) is 0 Å². The highest BCUT2D eigenvalue weighted by molar-refractivity contribution is 7.80. The Morgan fingerprint density at radius 1 is 1.16 bits per heavy atom. The number of unbranched alkanes of at least 4 members (excludes halogenated alkanes) is 1. The topological polar surface area (TPSA) is 124 Å². The van der Waals surface area contributed by atoms with Crippen LogP contribution >= 0.6 is 12.6 Å². The summed E-state index contributed by atoms with van der Waals surface area (Å²) in [4.78, 5) is 33.6. The van der Waals surface area contributed by atoms with Crippen LogP contribution in [-0.4, -0.2) is 31.4 Å². The van der Waals surface area contributed by atoms with Gasteiger partial charge in [0.25, 0.3) is 5.91 Å². The minimum absolute atomic E-state index is 0.0517. The van der Waals surface area contributed by atoms with E-state index in [-0.39, 0.29) is 34.7 Å². The van der Waals surface area contributed by atoms with Gasteiger partial charge in [-0.1, -0.05) is 25.8 Å². The summed E-state index contributed by atoms with van der Waals surface area (Å²) >= 11 is 4.80. The molecule has 1 aromatic carbocycles. The lowest BCUT2D eigenvalue weighted by molar-refractivity contribution is -0.117. The number of carbonyl (C=O) groups is 2. The Labute approximate surface area is 225 Å². The molecule has 5 rings (SSSR count). The van der Waals surface area contributed by atoms with Gasteiger partial charge < -0.3 is 14.5 Å². The van der Waals surface area contributed by atoms with Crippen molar-refractivity contribution in [1.29, 1.82) is 0 Å². The normalized spacial score (nSPS) is 13.9. The average Bonchev–Trinajstić information content (AvgIpc) is 3.58. The molecule has 1 aliphatic carbocycles. The average molecular weight is 535 g/mol. The molecular weight excluding hydrogens is 504 g/mol. The first-order chi connectivity index (χ1) is 18.3. The lowest BCUT2D eigenvalue weighted by Gasteiger charge is -2.18. The number of amides is 2. The molecule has 1 aliphatic rings. The smallest absolute Gasteiger partial charge is 0.293 e. The molecule has 198 valence electrons. The van der Waals surface area contributed by atoms with Crippen LogP contribution in [0.5, 0.6) is 11.5 Å². The van der Waals surface area contributed by atoms with E-state index >= 15 is 0 Å². The maximum absolute atomic E-state index is 13.0.